The lowest BCUT2D eigenvalue weighted by Gasteiger charge is -2.29. The molecular weight excluding hydrogens is 414 g/mol. The summed E-state index contributed by atoms with van der Waals surface area (Å²) in [5.41, 5.74) is 12.8. The van der Waals surface area contributed by atoms with Crippen molar-refractivity contribution in [2.24, 2.45) is 5.73 Å². The summed E-state index contributed by atoms with van der Waals surface area (Å²) >= 11 is 0. The molecule has 1 aliphatic heterocycles. The number of phenols is 2. The molecular formula is C27H31N3O3. The second-order valence-corrected chi connectivity index (χ2v) is 8.88. The number of aromatic hydroxyl groups is 2. The number of carbonyl (C=O) groups excluding carboxylic acids is 1. The highest BCUT2D eigenvalue weighted by Gasteiger charge is 2.26. The van der Waals surface area contributed by atoms with Crippen molar-refractivity contribution in [3.8, 4) is 11.5 Å². The largest absolute Gasteiger partial charge is 0.508 e. The lowest BCUT2D eigenvalue weighted by molar-refractivity contribution is -0.123. The summed E-state index contributed by atoms with van der Waals surface area (Å²) in [6, 6.07) is 16.2. The third kappa shape index (κ3) is 5.12. The molecule has 2 atom stereocenters. The maximum absolute atomic E-state index is 13.0. The Morgan fingerprint density at radius 1 is 1.12 bits per heavy atom. The van der Waals surface area contributed by atoms with Gasteiger partial charge in [-0.05, 0) is 78.3 Å². The molecule has 0 spiro atoms. The highest BCUT2D eigenvalue weighted by molar-refractivity contribution is 5.83. The van der Waals surface area contributed by atoms with E-state index in [0.29, 0.717) is 19.4 Å². The van der Waals surface area contributed by atoms with E-state index < -0.39 is 6.04 Å². The van der Waals surface area contributed by atoms with Crippen LogP contribution in [0.2, 0.25) is 0 Å². The standard InChI is InChI=1S/C27H31N3O3/c1-16-10-20(31)11-17(2)21(16)14-23(28)27(33)30-24-8-9-29-25-15-26(32)19(13-22(24)25)12-18-6-4-3-5-7-18/h3-7,10-11,13,15,23-24,29,31-32H,8-9,12,14,28H2,1-2H3,(H,30,33)/t23-,24+/m0/s1. The summed E-state index contributed by atoms with van der Waals surface area (Å²) in [6.45, 7) is 4.52. The van der Waals surface area contributed by atoms with Gasteiger partial charge in [0.05, 0.1) is 12.1 Å². The van der Waals surface area contributed by atoms with Gasteiger partial charge in [0.1, 0.15) is 11.5 Å². The molecule has 0 unspecified atom stereocenters. The van der Waals surface area contributed by atoms with Crippen LogP contribution in [0.1, 0.15) is 45.8 Å². The molecule has 172 valence electrons. The number of hydrogen-bond donors (Lipinski definition) is 5. The SMILES string of the molecule is Cc1cc(O)cc(C)c1C[C@H](N)C(=O)N[C@@H]1CCNc2cc(O)c(Cc3ccccc3)cc21. The quantitative estimate of drug-likeness (QED) is 0.396. The fourth-order valence-corrected chi connectivity index (χ4v) is 4.59. The first-order chi connectivity index (χ1) is 15.8. The molecule has 6 heteroatoms. The number of nitrogens with one attached hydrogen (secondary N) is 2. The Labute approximate surface area is 194 Å². The predicted molar refractivity (Wildman–Crippen MR) is 131 cm³/mol. The minimum Gasteiger partial charge on any atom is -0.508 e. The molecule has 0 bridgehead atoms. The minimum absolute atomic E-state index is 0.183. The van der Waals surface area contributed by atoms with E-state index in [1.807, 2.05) is 50.2 Å². The molecule has 0 aliphatic carbocycles. The Hall–Kier alpha value is -3.51. The van der Waals surface area contributed by atoms with Gasteiger partial charge in [-0.2, -0.15) is 0 Å². The van der Waals surface area contributed by atoms with Crippen molar-refractivity contribution in [1.29, 1.82) is 0 Å². The number of hydrogen-bond acceptors (Lipinski definition) is 5. The van der Waals surface area contributed by atoms with Crippen LogP contribution in [-0.4, -0.2) is 28.7 Å². The van der Waals surface area contributed by atoms with Crippen LogP contribution in [0.15, 0.2) is 54.6 Å². The maximum Gasteiger partial charge on any atom is 0.237 e. The van der Waals surface area contributed by atoms with Gasteiger partial charge in [-0.25, -0.2) is 0 Å². The molecule has 3 aromatic rings. The van der Waals surface area contributed by atoms with Gasteiger partial charge in [0.25, 0.3) is 0 Å². The molecule has 6 N–H and O–H groups in total. The van der Waals surface area contributed by atoms with Crippen LogP contribution in [0.25, 0.3) is 0 Å². The molecule has 33 heavy (non-hydrogen) atoms. The van der Waals surface area contributed by atoms with Gasteiger partial charge in [0.15, 0.2) is 0 Å². The molecule has 1 aliphatic rings. The topological polar surface area (TPSA) is 108 Å². The highest BCUT2D eigenvalue weighted by Crippen LogP contribution is 2.36. The fraction of sp³-hybridized carbons (Fsp3) is 0.296. The average Bonchev–Trinajstić information content (AvgIpc) is 2.77. The van der Waals surface area contributed by atoms with E-state index in [9.17, 15) is 15.0 Å². The molecule has 0 aromatic heterocycles. The molecule has 0 radical (unpaired) electrons. The van der Waals surface area contributed by atoms with Crippen LogP contribution in [0.5, 0.6) is 11.5 Å². The van der Waals surface area contributed by atoms with E-state index in [4.69, 9.17) is 5.73 Å². The Kier molecular flexibility index (Phi) is 6.56. The van der Waals surface area contributed by atoms with E-state index in [1.165, 1.54) is 0 Å². The van der Waals surface area contributed by atoms with Gasteiger partial charge in [0, 0.05) is 24.7 Å². The van der Waals surface area contributed by atoms with Crippen LogP contribution < -0.4 is 16.4 Å². The van der Waals surface area contributed by atoms with Crippen LogP contribution in [-0.2, 0) is 17.6 Å². The zero-order valence-corrected chi connectivity index (χ0v) is 19.1. The second-order valence-electron chi connectivity index (χ2n) is 8.88. The first-order valence-electron chi connectivity index (χ1n) is 11.3. The number of fused-ring (bicyclic) bond motifs is 1. The number of anilines is 1. The number of phenolic OH excluding ortho intramolecular Hbond substituents is 2. The van der Waals surface area contributed by atoms with E-state index >= 15 is 0 Å². The van der Waals surface area contributed by atoms with Crippen LogP contribution in [0.4, 0.5) is 5.69 Å². The van der Waals surface area contributed by atoms with Gasteiger partial charge in [-0.1, -0.05) is 30.3 Å². The normalized spacial score (nSPS) is 15.9. The maximum atomic E-state index is 13.0. The second kappa shape index (κ2) is 9.55. The molecule has 4 rings (SSSR count). The Morgan fingerprint density at radius 3 is 2.52 bits per heavy atom. The van der Waals surface area contributed by atoms with Crippen molar-refractivity contribution in [2.45, 2.75) is 45.2 Å². The Morgan fingerprint density at radius 2 is 1.82 bits per heavy atom. The van der Waals surface area contributed by atoms with Crippen molar-refractivity contribution in [1.82, 2.24) is 5.32 Å². The van der Waals surface area contributed by atoms with E-state index in [1.54, 1.807) is 18.2 Å². The molecule has 1 heterocycles. The summed E-state index contributed by atoms with van der Waals surface area (Å²) in [5, 5.41) is 26.8. The predicted octanol–water partition coefficient (Wildman–Crippen LogP) is 3.85. The molecule has 1 amide bonds. The van der Waals surface area contributed by atoms with Crippen molar-refractivity contribution in [2.75, 3.05) is 11.9 Å². The van der Waals surface area contributed by atoms with Crippen LogP contribution in [0, 0.1) is 13.8 Å². The number of aryl methyl sites for hydroxylation is 2. The third-order valence-corrected chi connectivity index (χ3v) is 6.37. The summed E-state index contributed by atoms with van der Waals surface area (Å²) in [5.74, 6) is 0.247. The summed E-state index contributed by atoms with van der Waals surface area (Å²) < 4.78 is 0. The van der Waals surface area contributed by atoms with Crippen molar-refractivity contribution in [3.05, 3.63) is 88.0 Å². The first-order valence-corrected chi connectivity index (χ1v) is 11.3. The van der Waals surface area contributed by atoms with Gasteiger partial charge in [-0.15, -0.1) is 0 Å². The van der Waals surface area contributed by atoms with Crippen molar-refractivity contribution in [3.63, 3.8) is 0 Å². The smallest absolute Gasteiger partial charge is 0.237 e. The van der Waals surface area contributed by atoms with Gasteiger partial charge in [-0.3, -0.25) is 4.79 Å². The molecule has 6 nitrogen and oxygen atoms in total. The zero-order valence-electron chi connectivity index (χ0n) is 19.1. The van der Waals surface area contributed by atoms with Crippen molar-refractivity contribution >= 4 is 11.6 Å². The summed E-state index contributed by atoms with van der Waals surface area (Å²) in [6.07, 6.45) is 1.74. The Bertz CT molecular complexity index is 1140. The van der Waals surface area contributed by atoms with Crippen molar-refractivity contribution < 1.29 is 15.0 Å². The zero-order chi connectivity index (χ0) is 23.5. The lowest BCUT2D eigenvalue weighted by atomic mass is 9.92. The fourth-order valence-electron chi connectivity index (χ4n) is 4.59. The Balaban J connectivity index is 1.51. The van der Waals surface area contributed by atoms with Gasteiger partial charge in [0.2, 0.25) is 5.91 Å². The number of rotatable bonds is 6. The number of carbonyl (C=O) groups is 1. The summed E-state index contributed by atoms with van der Waals surface area (Å²) in [4.78, 5) is 13.0. The highest BCUT2D eigenvalue weighted by atomic mass is 16.3. The number of benzene rings is 3. The minimum atomic E-state index is -0.703. The number of nitrogens with two attached hydrogens (primary N) is 1. The van der Waals surface area contributed by atoms with E-state index in [2.05, 4.69) is 10.6 Å². The lowest BCUT2D eigenvalue weighted by Crippen LogP contribution is -2.44. The third-order valence-electron chi connectivity index (χ3n) is 6.37. The van der Waals surface area contributed by atoms with E-state index in [-0.39, 0.29) is 23.4 Å². The molecule has 0 saturated heterocycles. The monoisotopic (exact) mass is 445 g/mol. The van der Waals surface area contributed by atoms with Crippen LogP contribution in [0.3, 0.4) is 0 Å². The number of amides is 1. The van der Waals surface area contributed by atoms with Crippen LogP contribution >= 0.6 is 0 Å². The van der Waals surface area contributed by atoms with E-state index in [0.717, 1.165) is 45.5 Å². The molecule has 3 aromatic carbocycles. The van der Waals surface area contributed by atoms with Gasteiger partial charge < -0.3 is 26.6 Å². The summed E-state index contributed by atoms with van der Waals surface area (Å²) in [7, 11) is 0. The molecule has 0 saturated carbocycles. The van der Waals surface area contributed by atoms with Gasteiger partial charge >= 0.3 is 0 Å². The molecule has 0 fully saturated rings. The first kappa shape index (κ1) is 22.7. The average molecular weight is 446 g/mol.